The van der Waals surface area contributed by atoms with Crippen LogP contribution in [0.15, 0.2) is 97.3 Å². The van der Waals surface area contributed by atoms with Crippen LogP contribution in [0.2, 0.25) is 10.0 Å². The Hall–Kier alpha value is -4.74. The molecule has 0 aliphatic rings. The van der Waals surface area contributed by atoms with Gasteiger partial charge < -0.3 is 9.47 Å². The molecular weight excluding hydrogens is 687 g/mol. The lowest BCUT2D eigenvalue weighted by atomic mass is 10.2. The zero-order valence-corrected chi connectivity index (χ0v) is 28.8. The standard InChI is InChI=1S/2C18H13ClN2O2S/c2*1-2-23-17(22)12-5-8-15-16(9-12)24-18-20-14(10-21(15)18)11-3-6-13(19)7-4-11/h2*3-10H,2H2,1H3. The van der Waals surface area contributed by atoms with Crippen LogP contribution in [0.1, 0.15) is 34.6 Å². The van der Waals surface area contributed by atoms with Gasteiger partial charge in [0.1, 0.15) is 0 Å². The first kappa shape index (κ1) is 31.8. The Bertz CT molecular complexity index is 2270. The maximum atomic E-state index is 11.9. The number of imidazole rings is 2. The number of thiazole rings is 2. The number of nitrogens with zero attached hydrogens (tertiary/aromatic N) is 4. The van der Waals surface area contributed by atoms with E-state index in [9.17, 15) is 9.59 Å². The van der Waals surface area contributed by atoms with Crippen molar-refractivity contribution in [3.05, 3.63) is 118 Å². The summed E-state index contributed by atoms with van der Waals surface area (Å²) < 4.78 is 16.2. The number of aromatic nitrogens is 4. The molecule has 4 heterocycles. The van der Waals surface area contributed by atoms with Gasteiger partial charge in [0, 0.05) is 33.6 Å². The third kappa shape index (κ3) is 6.27. The Morgan fingerprint density at radius 1 is 0.625 bits per heavy atom. The molecule has 4 aromatic carbocycles. The fourth-order valence-corrected chi connectivity index (χ4v) is 7.55. The van der Waals surface area contributed by atoms with Crippen molar-refractivity contribution in [3.8, 4) is 22.5 Å². The molecule has 8 rings (SSSR count). The molecule has 0 saturated heterocycles. The van der Waals surface area contributed by atoms with Gasteiger partial charge in [0.15, 0.2) is 9.92 Å². The van der Waals surface area contributed by atoms with Crippen molar-refractivity contribution in [2.24, 2.45) is 0 Å². The summed E-state index contributed by atoms with van der Waals surface area (Å²) in [4.78, 5) is 34.9. The molecule has 0 bridgehead atoms. The van der Waals surface area contributed by atoms with Gasteiger partial charge >= 0.3 is 11.9 Å². The second-order valence-electron chi connectivity index (χ2n) is 10.6. The highest BCUT2D eigenvalue weighted by molar-refractivity contribution is 7.24. The first-order chi connectivity index (χ1) is 23.3. The summed E-state index contributed by atoms with van der Waals surface area (Å²) in [5.74, 6) is -0.598. The third-order valence-corrected chi connectivity index (χ3v) is 10.0. The van der Waals surface area contributed by atoms with Crippen LogP contribution in [0, 0.1) is 0 Å². The van der Waals surface area contributed by atoms with E-state index in [2.05, 4.69) is 9.97 Å². The molecule has 0 unspecified atom stereocenters. The summed E-state index contributed by atoms with van der Waals surface area (Å²) in [5.41, 5.74) is 7.01. The Kier molecular flexibility index (Phi) is 8.89. The highest BCUT2D eigenvalue weighted by Crippen LogP contribution is 2.32. The number of carbonyl (C=O) groups excluding carboxylic acids is 2. The number of ether oxygens (including phenoxy) is 2. The van der Waals surface area contributed by atoms with Crippen LogP contribution in [0.5, 0.6) is 0 Å². The van der Waals surface area contributed by atoms with Crippen molar-refractivity contribution in [3.63, 3.8) is 0 Å². The number of benzene rings is 4. The molecule has 0 spiro atoms. The molecule has 0 atom stereocenters. The van der Waals surface area contributed by atoms with E-state index in [-0.39, 0.29) is 11.9 Å². The Morgan fingerprint density at radius 3 is 1.40 bits per heavy atom. The predicted octanol–water partition coefficient (Wildman–Crippen LogP) is 10.1. The number of halogens is 2. The topological polar surface area (TPSA) is 87.2 Å². The molecule has 0 fully saturated rings. The van der Waals surface area contributed by atoms with E-state index in [4.69, 9.17) is 32.7 Å². The molecule has 0 N–H and O–H groups in total. The molecule has 4 aromatic heterocycles. The third-order valence-electron chi connectivity index (χ3n) is 7.49. The molecule has 8 nitrogen and oxygen atoms in total. The van der Waals surface area contributed by atoms with Crippen LogP contribution in [0.4, 0.5) is 0 Å². The predicted molar refractivity (Wildman–Crippen MR) is 194 cm³/mol. The van der Waals surface area contributed by atoms with E-state index in [1.807, 2.05) is 94.0 Å². The van der Waals surface area contributed by atoms with Gasteiger partial charge in [-0.05, 0) is 74.5 Å². The quantitative estimate of drug-likeness (QED) is 0.160. The van der Waals surface area contributed by atoms with Crippen molar-refractivity contribution < 1.29 is 19.1 Å². The van der Waals surface area contributed by atoms with Crippen molar-refractivity contribution in [1.29, 1.82) is 0 Å². The molecule has 0 aliphatic heterocycles. The monoisotopic (exact) mass is 712 g/mol. The zero-order chi connectivity index (χ0) is 33.4. The molecule has 8 aromatic rings. The Balaban J connectivity index is 0.000000152. The second kappa shape index (κ2) is 13.4. The molecule has 12 heteroatoms. The Morgan fingerprint density at radius 2 is 1.02 bits per heavy atom. The number of fused-ring (bicyclic) bond motifs is 6. The van der Waals surface area contributed by atoms with Crippen molar-refractivity contribution in [2.75, 3.05) is 13.2 Å². The summed E-state index contributed by atoms with van der Waals surface area (Å²) in [5, 5.41) is 1.41. The van der Waals surface area contributed by atoms with E-state index in [0.29, 0.717) is 34.4 Å². The van der Waals surface area contributed by atoms with Gasteiger partial charge in [0.05, 0.1) is 56.2 Å². The minimum atomic E-state index is -0.299. The van der Waals surface area contributed by atoms with Crippen LogP contribution in [-0.4, -0.2) is 43.9 Å². The second-order valence-corrected chi connectivity index (χ2v) is 13.5. The van der Waals surface area contributed by atoms with Gasteiger partial charge in [-0.15, -0.1) is 0 Å². The molecule has 0 aliphatic carbocycles. The minimum Gasteiger partial charge on any atom is -0.462 e. The Labute approximate surface area is 292 Å². The van der Waals surface area contributed by atoms with E-state index in [1.54, 1.807) is 48.7 Å². The summed E-state index contributed by atoms with van der Waals surface area (Å²) >= 11 is 15.0. The molecule has 0 saturated carbocycles. The van der Waals surface area contributed by atoms with E-state index < -0.39 is 0 Å². The minimum absolute atomic E-state index is 0.299. The number of carbonyl (C=O) groups is 2. The first-order valence-corrected chi connectivity index (χ1v) is 17.4. The maximum Gasteiger partial charge on any atom is 0.338 e. The number of hydrogen-bond donors (Lipinski definition) is 0. The van der Waals surface area contributed by atoms with Crippen molar-refractivity contribution >= 4 is 88.2 Å². The van der Waals surface area contributed by atoms with Crippen LogP contribution in [0.3, 0.4) is 0 Å². The first-order valence-electron chi connectivity index (χ1n) is 15.0. The van der Waals surface area contributed by atoms with Crippen LogP contribution in [-0.2, 0) is 9.47 Å². The lowest BCUT2D eigenvalue weighted by molar-refractivity contribution is 0.0517. The van der Waals surface area contributed by atoms with Crippen LogP contribution in [0.25, 0.3) is 52.9 Å². The fourth-order valence-electron chi connectivity index (χ4n) is 5.20. The van der Waals surface area contributed by atoms with Crippen molar-refractivity contribution in [2.45, 2.75) is 13.8 Å². The van der Waals surface area contributed by atoms with Gasteiger partial charge in [-0.2, -0.15) is 0 Å². The number of hydrogen-bond acceptors (Lipinski definition) is 8. The molecule has 240 valence electrons. The van der Waals surface area contributed by atoms with Gasteiger partial charge in [-0.25, -0.2) is 19.6 Å². The van der Waals surface area contributed by atoms with Gasteiger partial charge in [-0.3, -0.25) is 8.80 Å². The highest BCUT2D eigenvalue weighted by atomic mass is 35.5. The van der Waals surface area contributed by atoms with E-state index >= 15 is 0 Å². The van der Waals surface area contributed by atoms with E-state index in [1.165, 1.54) is 0 Å². The normalized spacial score (nSPS) is 11.2. The summed E-state index contributed by atoms with van der Waals surface area (Å²) in [7, 11) is 0. The summed E-state index contributed by atoms with van der Waals surface area (Å²) in [6.07, 6.45) is 4.00. The van der Waals surface area contributed by atoms with E-state index in [0.717, 1.165) is 52.9 Å². The molecular formula is C36H26Cl2N4O4S2. The largest absolute Gasteiger partial charge is 0.462 e. The lowest BCUT2D eigenvalue weighted by Crippen LogP contribution is -2.03. The fraction of sp³-hybridized carbons (Fsp3) is 0.111. The lowest BCUT2D eigenvalue weighted by Gasteiger charge is -2.01. The molecule has 0 amide bonds. The average Bonchev–Trinajstić information content (AvgIpc) is 3.85. The summed E-state index contributed by atoms with van der Waals surface area (Å²) in [6, 6.07) is 26.4. The number of esters is 2. The number of rotatable bonds is 6. The highest BCUT2D eigenvalue weighted by Gasteiger charge is 2.15. The maximum absolute atomic E-state index is 11.9. The van der Waals surface area contributed by atoms with Crippen molar-refractivity contribution in [1.82, 2.24) is 18.8 Å². The summed E-state index contributed by atoms with van der Waals surface area (Å²) in [6.45, 7) is 4.34. The molecule has 0 radical (unpaired) electrons. The molecule has 48 heavy (non-hydrogen) atoms. The van der Waals surface area contributed by atoms with Crippen LogP contribution < -0.4 is 0 Å². The average molecular weight is 714 g/mol. The zero-order valence-electron chi connectivity index (χ0n) is 25.6. The van der Waals surface area contributed by atoms with Gasteiger partial charge in [0.2, 0.25) is 0 Å². The van der Waals surface area contributed by atoms with Gasteiger partial charge in [0.25, 0.3) is 0 Å². The van der Waals surface area contributed by atoms with Gasteiger partial charge in [-0.1, -0.05) is 70.1 Å². The van der Waals surface area contributed by atoms with Crippen LogP contribution >= 0.6 is 45.9 Å². The SMILES string of the molecule is CCOC(=O)c1ccc2c(c1)sc1nc(-c3ccc(Cl)cc3)cn12.CCOC(=O)c1ccc2c(c1)sc1nc(-c3ccc(Cl)cc3)cn12. The smallest absolute Gasteiger partial charge is 0.338 e.